The second-order valence-electron chi connectivity index (χ2n) is 3.96. The maximum atomic E-state index is 12.3. The third-order valence-electron chi connectivity index (χ3n) is 2.86. The molecule has 18 heavy (non-hydrogen) atoms. The first-order valence-electron chi connectivity index (χ1n) is 5.21. The Labute approximate surface area is 112 Å². The van der Waals surface area contributed by atoms with Crippen molar-refractivity contribution >= 4 is 45.0 Å². The molecule has 3 aromatic rings. The van der Waals surface area contributed by atoms with Crippen molar-refractivity contribution in [3.8, 4) is 0 Å². The summed E-state index contributed by atoms with van der Waals surface area (Å²) in [5.74, 6) is 0. The lowest BCUT2D eigenvalue weighted by atomic mass is 10.1. The van der Waals surface area contributed by atoms with Gasteiger partial charge in [-0.2, -0.15) is 4.73 Å². The first kappa shape index (κ1) is 11.4. The summed E-state index contributed by atoms with van der Waals surface area (Å²) in [5, 5.41) is 11.8. The van der Waals surface area contributed by atoms with Crippen LogP contribution in [0.1, 0.15) is 0 Å². The minimum absolute atomic E-state index is 0.176. The maximum absolute atomic E-state index is 12.3. The van der Waals surface area contributed by atoms with Gasteiger partial charge in [0.15, 0.2) is 5.43 Å². The molecule has 2 aromatic carbocycles. The molecule has 5 heteroatoms. The topological polar surface area (TPSA) is 42.2 Å². The molecule has 0 saturated heterocycles. The lowest BCUT2D eigenvalue weighted by molar-refractivity contribution is 0.211. The molecular weight excluding hydrogens is 273 g/mol. The molecule has 0 atom stereocenters. The highest BCUT2D eigenvalue weighted by Gasteiger charge is 2.10. The number of benzene rings is 2. The predicted octanol–water partition coefficient (Wildman–Crippen LogP) is 3.70. The van der Waals surface area contributed by atoms with Crippen LogP contribution in [0.25, 0.3) is 21.8 Å². The molecule has 0 spiro atoms. The predicted molar refractivity (Wildman–Crippen MR) is 72.9 cm³/mol. The summed E-state index contributed by atoms with van der Waals surface area (Å²) >= 11 is 11.7. The van der Waals surface area contributed by atoms with Crippen molar-refractivity contribution in [3.63, 3.8) is 0 Å². The van der Waals surface area contributed by atoms with Gasteiger partial charge >= 0.3 is 0 Å². The Morgan fingerprint density at radius 1 is 0.889 bits per heavy atom. The van der Waals surface area contributed by atoms with Gasteiger partial charge in [0.1, 0.15) is 0 Å². The molecule has 90 valence electrons. The van der Waals surface area contributed by atoms with Crippen molar-refractivity contribution in [3.05, 3.63) is 56.7 Å². The molecule has 0 aliphatic heterocycles. The Kier molecular flexibility index (Phi) is 2.47. The molecule has 0 fully saturated rings. The number of hydrogen-bond donors (Lipinski definition) is 1. The van der Waals surface area contributed by atoms with E-state index in [4.69, 9.17) is 23.2 Å². The van der Waals surface area contributed by atoms with Crippen molar-refractivity contribution < 1.29 is 5.21 Å². The van der Waals surface area contributed by atoms with E-state index in [1.807, 2.05) is 0 Å². The molecule has 0 unspecified atom stereocenters. The maximum Gasteiger partial charge on any atom is 0.197 e. The largest absolute Gasteiger partial charge is 0.428 e. The van der Waals surface area contributed by atoms with E-state index >= 15 is 0 Å². The van der Waals surface area contributed by atoms with Gasteiger partial charge in [-0.25, -0.2) is 0 Å². The Morgan fingerprint density at radius 2 is 1.56 bits per heavy atom. The third-order valence-corrected chi connectivity index (χ3v) is 3.33. The van der Waals surface area contributed by atoms with E-state index in [1.165, 1.54) is 0 Å². The fraction of sp³-hybridized carbons (Fsp3) is 0. The van der Waals surface area contributed by atoms with Crippen LogP contribution in [0.2, 0.25) is 10.0 Å². The van der Waals surface area contributed by atoms with Gasteiger partial charge in [-0.1, -0.05) is 23.2 Å². The average molecular weight is 280 g/mol. The molecular formula is C13H7Cl2NO2. The first-order valence-corrected chi connectivity index (χ1v) is 5.96. The molecule has 0 amide bonds. The van der Waals surface area contributed by atoms with Gasteiger partial charge in [-0.05, 0) is 36.4 Å². The zero-order valence-corrected chi connectivity index (χ0v) is 10.5. The van der Waals surface area contributed by atoms with E-state index in [9.17, 15) is 10.0 Å². The highest BCUT2D eigenvalue weighted by Crippen LogP contribution is 2.22. The zero-order chi connectivity index (χ0) is 12.9. The van der Waals surface area contributed by atoms with E-state index in [2.05, 4.69) is 0 Å². The quantitative estimate of drug-likeness (QED) is 0.504. The fourth-order valence-electron chi connectivity index (χ4n) is 2.02. The minimum atomic E-state index is -0.176. The second-order valence-corrected chi connectivity index (χ2v) is 4.84. The van der Waals surface area contributed by atoms with Crippen molar-refractivity contribution in [2.45, 2.75) is 0 Å². The van der Waals surface area contributed by atoms with Crippen LogP contribution >= 0.6 is 23.2 Å². The van der Waals surface area contributed by atoms with Crippen LogP contribution in [-0.2, 0) is 0 Å². The van der Waals surface area contributed by atoms with Crippen LogP contribution in [0.15, 0.2) is 41.2 Å². The molecule has 3 rings (SSSR count). The number of halogens is 2. The molecule has 0 aliphatic carbocycles. The van der Waals surface area contributed by atoms with Crippen LogP contribution < -0.4 is 5.43 Å². The van der Waals surface area contributed by atoms with Gasteiger partial charge in [-0.3, -0.25) is 4.79 Å². The Balaban J connectivity index is 2.65. The summed E-state index contributed by atoms with van der Waals surface area (Å²) < 4.78 is 0.953. The van der Waals surface area contributed by atoms with Crippen molar-refractivity contribution in [2.75, 3.05) is 0 Å². The van der Waals surface area contributed by atoms with E-state index < -0.39 is 0 Å². The number of fused-ring (bicyclic) bond motifs is 2. The molecule has 1 heterocycles. The van der Waals surface area contributed by atoms with Gasteiger partial charge in [0.2, 0.25) is 0 Å². The Bertz CT molecular complexity index is 840. The third kappa shape index (κ3) is 1.55. The summed E-state index contributed by atoms with van der Waals surface area (Å²) in [6.07, 6.45) is 0. The van der Waals surface area contributed by atoms with Gasteiger partial charge in [0.05, 0.1) is 16.4 Å². The Morgan fingerprint density at radius 3 is 2.33 bits per heavy atom. The van der Waals surface area contributed by atoms with Crippen molar-refractivity contribution in [1.82, 2.24) is 4.73 Å². The van der Waals surface area contributed by atoms with Crippen LogP contribution in [0.5, 0.6) is 0 Å². The number of nitrogens with zero attached hydrogens (tertiary/aromatic N) is 1. The molecule has 1 aromatic heterocycles. The summed E-state index contributed by atoms with van der Waals surface area (Å²) in [4.78, 5) is 12.3. The van der Waals surface area contributed by atoms with Crippen LogP contribution in [0.3, 0.4) is 0 Å². The average Bonchev–Trinajstić information content (AvgIpc) is 2.36. The second kappa shape index (κ2) is 3.90. The van der Waals surface area contributed by atoms with Crippen LogP contribution in [-0.4, -0.2) is 9.94 Å². The molecule has 1 N–H and O–H groups in total. The normalized spacial score (nSPS) is 11.2. The van der Waals surface area contributed by atoms with Gasteiger partial charge in [-0.15, -0.1) is 0 Å². The van der Waals surface area contributed by atoms with Gasteiger partial charge < -0.3 is 5.21 Å². The number of aromatic nitrogens is 1. The lowest BCUT2D eigenvalue weighted by Gasteiger charge is -2.08. The smallest absolute Gasteiger partial charge is 0.197 e. The number of pyridine rings is 1. The standard InChI is InChI=1S/C13H7Cl2NO2/c14-7-2-4-11-10(5-7)13(17)9-3-1-8(15)6-12(9)16(11)18/h1-6,18H. The van der Waals surface area contributed by atoms with Crippen LogP contribution in [0.4, 0.5) is 0 Å². The highest BCUT2D eigenvalue weighted by atomic mass is 35.5. The monoisotopic (exact) mass is 279 g/mol. The first-order chi connectivity index (χ1) is 8.58. The summed E-state index contributed by atoms with van der Waals surface area (Å²) in [6.45, 7) is 0. The lowest BCUT2D eigenvalue weighted by Crippen LogP contribution is -2.09. The fourth-order valence-corrected chi connectivity index (χ4v) is 2.36. The summed E-state index contributed by atoms with van der Waals surface area (Å²) in [5.41, 5.74) is 0.603. The molecule has 0 bridgehead atoms. The SMILES string of the molecule is O=c1c2cc(Cl)ccc2n(O)c2cc(Cl)ccc12. The number of rotatable bonds is 0. The van der Waals surface area contributed by atoms with Gasteiger partial charge in [0, 0.05) is 15.4 Å². The van der Waals surface area contributed by atoms with E-state index in [0.717, 1.165) is 4.73 Å². The van der Waals surface area contributed by atoms with Gasteiger partial charge in [0.25, 0.3) is 0 Å². The van der Waals surface area contributed by atoms with Crippen LogP contribution in [0, 0.1) is 0 Å². The molecule has 0 saturated carbocycles. The summed E-state index contributed by atoms with van der Waals surface area (Å²) in [6, 6.07) is 9.51. The number of hydrogen-bond acceptors (Lipinski definition) is 2. The molecule has 0 aliphatic rings. The molecule has 0 radical (unpaired) electrons. The van der Waals surface area contributed by atoms with Crippen molar-refractivity contribution in [2.24, 2.45) is 0 Å². The van der Waals surface area contributed by atoms with E-state index in [0.29, 0.717) is 31.9 Å². The van der Waals surface area contributed by atoms with Crippen molar-refractivity contribution in [1.29, 1.82) is 0 Å². The zero-order valence-electron chi connectivity index (χ0n) is 9.02. The Hall–Kier alpha value is -1.71. The highest BCUT2D eigenvalue weighted by molar-refractivity contribution is 6.31. The van der Waals surface area contributed by atoms with E-state index in [1.54, 1.807) is 36.4 Å². The summed E-state index contributed by atoms with van der Waals surface area (Å²) in [7, 11) is 0. The van der Waals surface area contributed by atoms with E-state index in [-0.39, 0.29) is 5.43 Å². The minimum Gasteiger partial charge on any atom is -0.428 e. The molecule has 3 nitrogen and oxygen atoms in total.